The Labute approximate surface area is 134 Å². The zero-order valence-electron chi connectivity index (χ0n) is 14.0. The van der Waals surface area contributed by atoms with Crippen molar-refractivity contribution >= 4 is 10.0 Å². The van der Waals surface area contributed by atoms with Gasteiger partial charge in [0.2, 0.25) is 10.0 Å². The van der Waals surface area contributed by atoms with Crippen molar-refractivity contribution in [1.82, 2.24) is 9.62 Å². The lowest BCUT2D eigenvalue weighted by atomic mass is 10.2. The molecule has 0 atom stereocenters. The first-order chi connectivity index (χ1) is 10.3. The number of sulfonamides is 1. The van der Waals surface area contributed by atoms with E-state index >= 15 is 0 Å². The predicted molar refractivity (Wildman–Crippen MR) is 90.6 cm³/mol. The minimum Gasteiger partial charge on any atom is -0.492 e. The zero-order valence-corrected chi connectivity index (χ0v) is 14.8. The van der Waals surface area contributed by atoms with Gasteiger partial charge in [-0.2, -0.15) is 0 Å². The first-order valence-corrected chi connectivity index (χ1v) is 9.27. The first kappa shape index (κ1) is 18.9. The summed E-state index contributed by atoms with van der Waals surface area (Å²) in [6.45, 7) is 5.85. The average molecular weight is 328 g/mol. The van der Waals surface area contributed by atoms with Gasteiger partial charge in [-0.3, -0.25) is 0 Å². The number of rotatable bonds is 10. The Kier molecular flexibility index (Phi) is 7.85. The quantitative estimate of drug-likeness (QED) is 0.714. The van der Waals surface area contributed by atoms with Gasteiger partial charge in [-0.1, -0.05) is 26.0 Å². The van der Waals surface area contributed by atoms with Gasteiger partial charge in [-0.25, -0.2) is 13.1 Å². The Bertz CT molecular complexity index is 525. The van der Waals surface area contributed by atoms with Gasteiger partial charge in [0, 0.05) is 13.1 Å². The third-order valence-electron chi connectivity index (χ3n) is 3.19. The van der Waals surface area contributed by atoms with Crippen molar-refractivity contribution in [1.29, 1.82) is 0 Å². The smallest absolute Gasteiger partial charge is 0.211 e. The Morgan fingerprint density at radius 2 is 1.82 bits per heavy atom. The molecule has 0 aromatic heterocycles. The lowest BCUT2D eigenvalue weighted by Gasteiger charge is -2.11. The third kappa shape index (κ3) is 8.36. The molecule has 0 heterocycles. The van der Waals surface area contributed by atoms with E-state index in [2.05, 4.69) is 9.62 Å². The molecule has 0 saturated heterocycles. The van der Waals surface area contributed by atoms with E-state index in [1.807, 2.05) is 52.2 Å². The highest BCUT2D eigenvalue weighted by atomic mass is 32.2. The maximum Gasteiger partial charge on any atom is 0.211 e. The summed E-state index contributed by atoms with van der Waals surface area (Å²) in [6.07, 6.45) is 0.675. The summed E-state index contributed by atoms with van der Waals surface area (Å²) in [4.78, 5) is 2.06. The lowest BCUT2D eigenvalue weighted by Crippen LogP contribution is -2.26. The summed E-state index contributed by atoms with van der Waals surface area (Å²) in [6, 6.07) is 7.51. The van der Waals surface area contributed by atoms with Crippen LogP contribution in [0.4, 0.5) is 0 Å². The minimum atomic E-state index is -3.20. The average Bonchev–Trinajstić information content (AvgIpc) is 2.44. The maximum atomic E-state index is 11.8. The number of hydrogen-bond donors (Lipinski definition) is 1. The summed E-state index contributed by atoms with van der Waals surface area (Å²) in [5.74, 6) is 1.36. The molecule has 0 amide bonds. The Morgan fingerprint density at radius 1 is 1.18 bits per heavy atom. The van der Waals surface area contributed by atoms with Gasteiger partial charge in [0.05, 0.1) is 5.75 Å². The molecule has 0 bridgehead atoms. The maximum absolute atomic E-state index is 11.8. The van der Waals surface area contributed by atoms with Crippen LogP contribution >= 0.6 is 0 Å². The summed E-state index contributed by atoms with van der Waals surface area (Å²) < 4.78 is 31.9. The van der Waals surface area contributed by atoms with Gasteiger partial charge < -0.3 is 9.64 Å². The second-order valence-corrected chi connectivity index (χ2v) is 8.04. The van der Waals surface area contributed by atoms with E-state index in [0.29, 0.717) is 25.5 Å². The van der Waals surface area contributed by atoms with Crippen molar-refractivity contribution < 1.29 is 13.2 Å². The molecule has 1 aromatic carbocycles. The fourth-order valence-corrected chi connectivity index (χ4v) is 3.02. The van der Waals surface area contributed by atoms with E-state index < -0.39 is 10.0 Å². The minimum absolute atomic E-state index is 0.177. The number of ether oxygens (including phenoxy) is 1. The topological polar surface area (TPSA) is 58.6 Å². The molecule has 0 saturated carbocycles. The van der Waals surface area contributed by atoms with Crippen molar-refractivity contribution in [2.45, 2.75) is 26.8 Å². The van der Waals surface area contributed by atoms with Gasteiger partial charge in [0.25, 0.3) is 0 Å². The van der Waals surface area contributed by atoms with Crippen molar-refractivity contribution in [3.05, 3.63) is 29.8 Å². The molecule has 1 rings (SSSR count). The standard InChI is InChI=1S/C16H28N2O3S/c1-14(2)9-12-22(19,20)17-13-15-5-7-16(8-6-15)21-11-10-18(3)4/h5-8,14,17H,9-13H2,1-4H3. The summed E-state index contributed by atoms with van der Waals surface area (Å²) in [5.41, 5.74) is 0.924. The lowest BCUT2D eigenvalue weighted by molar-refractivity contribution is 0.261. The second kappa shape index (κ2) is 9.12. The molecule has 6 heteroatoms. The SMILES string of the molecule is CC(C)CCS(=O)(=O)NCc1ccc(OCCN(C)C)cc1. The molecule has 0 spiro atoms. The summed E-state index contributed by atoms with van der Waals surface area (Å²) in [7, 11) is 0.800. The molecule has 0 aliphatic heterocycles. The molecule has 126 valence electrons. The molecule has 5 nitrogen and oxygen atoms in total. The van der Waals surface area contributed by atoms with E-state index in [-0.39, 0.29) is 5.75 Å². The van der Waals surface area contributed by atoms with Crippen LogP contribution in [0.25, 0.3) is 0 Å². The largest absolute Gasteiger partial charge is 0.492 e. The van der Waals surface area contributed by atoms with Gasteiger partial charge in [-0.15, -0.1) is 0 Å². The third-order valence-corrected chi connectivity index (χ3v) is 4.55. The number of nitrogens with one attached hydrogen (secondary N) is 1. The summed E-state index contributed by atoms with van der Waals surface area (Å²) in [5, 5.41) is 0. The number of benzene rings is 1. The Balaban J connectivity index is 2.41. The highest BCUT2D eigenvalue weighted by molar-refractivity contribution is 7.89. The highest BCUT2D eigenvalue weighted by Gasteiger charge is 2.10. The van der Waals surface area contributed by atoms with Crippen LogP contribution in [0.1, 0.15) is 25.8 Å². The highest BCUT2D eigenvalue weighted by Crippen LogP contribution is 2.12. The monoisotopic (exact) mass is 328 g/mol. The predicted octanol–water partition coefficient (Wildman–Crippen LogP) is 2.09. The molecular weight excluding hydrogens is 300 g/mol. The van der Waals surface area contributed by atoms with Crippen LogP contribution in [0, 0.1) is 5.92 Å². The van der Waals surface area contributed by atoms with Crippen molar-refractivity contribution in [3.8, 4) is 5.75 Å². The Morgan fingerprint density at radius 3 is 2.36 bits per heavy atom. The van der Waals surface area contributed by atoms with Crippen LogP contribution in [0.2, 0.25) is 0 Å². The number of likely N-dealkylation sites (N-methyl/N-ethyl adjacent to an activating group) is 1. The van der Waals surface area contributed by atoms with Crippen molar-refractivity contribution in [2.75, 3.05) is 33.0 Å². The molecule has 0 aliphatic rings. The number of nitrogens with zero attached hydrogens (tertiary/aromatic N) is 1. The van der Waals surface area contributed by atoms with Crippen molar-refractivity contribution in [2.24, 2.45) is 5.92 Å². The fraction of sp³-hybridized carbons (Fsp3) is 0.625. The van der Waals surface area contributed by atoms with Gasteiger partial charge in [0.15, 0.2) is 0 Å². The van der Waals surface area contributed by atoms with E-state index in [1.54, 1.807) is 0 Å². The fourth-order valence-electron chi connectivity index (χ4n) is 1.71. The molecule has 22 heavy (non-hydrogen) atoms. The van der Waals surface area contributed by atoms with E-state index in [0.717, 1.165) is 17.9 Å². The molecule has 1 N–H and O–H groups in total. The Hall–Kier alpha value is -1.11. The van der Waals surface area contributed by atoms with Gasteiger partial charge in [-0.05, 0) is 44.1 Å². The molecule has 0 fully saturated rings. The summed E-state index contributed by atoms with van der Waals surface area (Å²) >= 11 is 0. The molecular formula is C16H28N2O3S. The molecule has 0 radical (unpaired) electrons. The zero-order chi connectivity index (χ0) is 16.6. The second-order valence-electron chi connectivity index (χ2n) is 6.12. The van der Waals surface area contributed by atoms with E-state index in [9.17, 15) is 8.42 Å². The number of hydrogen-bond acceptors (Lipinski definition) is 4. The van der Waals surface area contributed by atoms with Crippen LogP contribution in [0.15, 0.2) is 24.3 Å². The molecule has 1 aromatic rings. The van der Waals surface area contributed by atoms with Crippen LogP contribution in [0.3, 0.4) is 0 Å². The molecule has 0 unspecified atom stereocenters. The van der Waals surface area contributed by atoms with Crippen LogP contribution in [0.5, 0.6) is 5.75 Å². The van der Waals surface area contributed by atoms with E-state index in [1.165, 1.54) is 0 Å². The van der Waals surface area contributed by atoms with Crippen molar-refractivity contribution in [3.63, 3.8) is 0 Å². The van der Waals surface area contributed by atoms with Crippen LogP contribution in [-0.4, -0.2) is 46.3 Å². The van der Waals surface area contributed by atoms with Gasteiger partial charge in [0.1, 0.15) is 12.4 Å². The van der Waals surface area contributed by atoms with Crippen LogP contribution < -0.4 is 9.46 Å². The van der Waals surface area contributed by atoms with Crippen LogP contribution in [-0.2, 0) is 16.6 Å². The first-order valence-electron chi connectivity index (χ1n) is 7.62. The molecule has 0 aliphatic carbocycles. The van der Waals surface area contributed by atoms with E-state index in [4.69, 9.17) is 4.74 Å². The normalized spacial score (nSPS) is 12.1. The van der Waals surface area contributed by atoms with Gasteiger partial charge >= 0.3 is 0 Å².